The van der Waals surface area contributed by atoms with Gasteiger partial charge in [0.25, 0.3) is 5.91 Å². The van der Waals surface area contributed by atoms with Gasteiger partial charge in [0.15, 0.2) is 9.84 Å². The van der Waals surface area contributed by atoms with Gasteiger partial charge in [0, 0.05) is 30.9 Å². The fraction of sp³-hybridized carbons (Fsp3) is 0.579. The van der Waals surface area contributed by atoms with Gasteiger partial charge in [-0.25, -0.2) is 8.42 Å². The zero-order valence-corrected chi connectivity index (χ0v) is 16.7. The summed E-state index contributed by atoms with van der Waals surface area (Å²) < 4.78 is 23.2. The van der Waals surface area contributed by atoms with Crippen molar-refractivity contribution in [2.75, 3.05) is 50.0 Å². The van der Waals surface area contributed by atoms with Gasteiger partial charge in [-0.15, -0.1) is 0 Å². The number of carbonyl (C=O) groups excluding carboxylic acids is 2. The molecule has 2 aliphatic rings. The number of likely N-dealkylation sites (N-methyl/N-ethyl adjacent to an activating group) is 1. The molecule has 1 N–H and O–H groups in total. The van der Waals surface area contributed by atoms with Crippen LogP contribution in [-0.2, 0) is 14.6 Å². The Morgan fingerprint density at radius 2 is 1.93 bits per heavy atom. The molecule has 0 spiro atoms. The van der Waals surface area contributed by atoms with Gasteiger partial charge < -0.3 is 15.1 Å². The summed E-state index contributed by atoms with van der Waals surface area (Å²) in [6.45, 7) is 5.08. The van der Waals surface area contributed by atoms with Crippen LogP contribution in [0.1, 0.15) is 28.8 Å². The first-order valence-corrected chi connectivity index (χ1v) is 11.2. The third-order valence-corrected chi connectivity index (χ3v) is 7.12. The number of carbonyl (C=O) groups is 2. The van der Waals surface area contributed by atoms with E-state index in [-0.39, 0.29) is 23.3 Å². The monoisotopic (exact) mass is 393 g/mol. The van der Waals surface area contributed by atoms with Crippen LogP contribution in [0.15, 0.2) is 18.2 Å². The molecule has 0 radical (unpaired) electrons. The summed E-state index contributed by atoms with van der Waals surface area (Å²) in [5.74, 6) is -0.886. The summed E-state index contributed by atoms with van der Waals surface area (Å²) in [6, 6.07) is 5.30. The second kappa shape index (κ2) is 7.98. The van der Waals surface area contributed by atoms with E-state index in [2.05, 4.69) is 17.3 Å². The lowest BCUT2D eigenvalue weighted by Gasteiger charge is -2.21. The molecular weight excluding hydrogens is 366 g/mol. The van der Waals surface area contributed by atoms with Crippen molar-refractivity contribution < 1.29 is 18.0 Å². The molecule has 2 heterocycles. The van der Waals surface area contributed by atoms with Gasteiger partial charge in [-0.3, -0.25) is 9.59 Å². The lowest BCUT2D eigenvalue weighted by Crippen LogP contribution is -2.34. The first kappa shape index (κ1) is 19.8. The van der Waals surface area contributed by atoms with E-state index in [0.717, 1.165) is 31.6 Å². The maximum atomic E-state index is 12.9. The highest BCUT2D eigenvalue weighted by molar-refractivity contribution is 7.91. The van der Waals surface area contributed by atoms with E-state index >= 15 is 0 Å². The van der Waals surface area contributed by atoms with Crippen LogP contribution in [0, 0.1) is 12.8 Å². The van der Waals surface area contributed by atoms with Crippen molar-refractivity contribution in [3.05, 3.63) is 29.3 Å². The van der Waals surface area contributed by atoms with Crippen LogP contribution in [-0.4, -0.2) is 74.8 Å². The van der Waals surface area contributed by atoms with Crippen molar-refractivity contribution in [3.63, 3.8) is 0 Å². The highest BCUT2D eigenvalue weighted by atomic mass is 32.2. The van der Waals surface area contributed by atoms with Gasteiger partial charge in [-0.2, -0.15) is 0 Å². The number of hydrogen-bond donors (Lipinski definition) is 1. The van der Waals surface area contributed by atoms with Gasteiger partial charge >= 0.3 is 0 Å². The molecule has 148 valence electrons. The third-order valence-electron chi connectivity index (χ3n) is 5.35. The van der Waals surface area contributed by atoms with Gasteiger partial charge in [0.2, 0.25) is 5.91 Å². The Kier molecular flexibility index (Phi) is 5.86. The number of sulfone groups is 1. The zero-order valence-electron chi connectivity index (χ0n) is 15.9. The van der Waals surface area contributed by atoms with Gasteiger partial charge in [-0.1, -0.05) is 6.07 Å². The van der Waals surface area contributed by atoms with Crippen molar-refractivity contribution in [3.8, 4) is 0 Å². The quantitative estimate of drug-likeness (QED) is 0.832. The minimum absolute atomic E-state index is 0.0377. The van der Waals surface area contributed by atoms with Gasteiger partial charge in [0.1, 0.15) is 0 Å². The molecule has 8 heteroatoms. The largest absolute Gasteiger partial charge is 0.337 e. The van der Waals surface area contributed by atoms with Crippen molar-refractivity contribution in [1.82, 2.24) is 9.80 Å². The van der Waals surface area contributed by atoms with Crippen LogP contribution in [0.5, 0.6) is 0 Å². The molecule has 0 aliphatic carbocycles. The molecule has 27 heavy (non-hydrogen) atoms. The van der Waals surface area contributed by atoms with Crippen LogP contribution >= 0.6 is 0 Å². The summed E-state index contributed by atoms with van der Waals surface area (Å²) in [5, 5.41) is 2.83. The highest BCUT2D eigenvalue weighted by Crippen LogP contribution is 2.23. The minimum Gasteiger partial charge on any atom is -0.337 e. The molecule has 7 nitrogen and oxygen atoms in total. The predicted octanol–water partition coefficient (Wildman–Crippen LogP) is 1.15. The Hall–Kier alpha value is -1.93. The zero-order chi connectivity index (χ0) is 19.6. The van der Waals surface area contributed by atoms with Crippen LogP contribution in [0.4, 0.5) is 5.69 Å². The second-order valence-corrected chi connectivity index (χ2v) is 9.80. The standard InChI is InChI=1S/C19H27N3O4S/c1-14-4-5-15(19(24)22-8-3-7-21(2)9-10-22)12-17(14)20-18(23)16-6-11-27(25,26)13-16/h4-5,12,16H,3,6-11,13H2,1-2H3,(H,20,23). The number of benzene rings is 1. The molecule has 1 aromatic carbocycles. The van der Waals surface area contributed by atoms with Crippen LogP contribution < -0.4 is 5.32 Å². The lowest BCUT2D eigenvalue weighted by molar-refractivity contribution is -0.119. The number of anilines is 1. The summed E-state index contributed by atoms with van der Waals surface area (Å²) in [5.41, 5.74) is 1.96. The van der Waals surface area contributed by atoms with Crippen LogP contribution in [0.25, 0.3) is 0 Å². The average molecular weight is 394 g/mol. The van der Waals surface area contributed by atoms with Crippen molar-refractivity contribution in [2.24, 2.45) is 5.92 Å². The Labute approximate surface area is 160 Å². The van der Waals surface area contributed by atoms with E-state index in [1.165, 1.54) is 0 Å². The smallest absolute Gasteiger partial charge is 0.253 e. The number of amides is 2. The predicted molar refractivity (Wildman–Crippen MR) is 105 cm³/mol. The molecule has 1 atom stereocenters. The molecule has 2 amide bonds. The number of nitrogens with one attached hydrogen (secondary N) is 1. The lowest BCUT2D eigenvalue weighted by atomic mass is 10.1. The summed E-state index contributed by atoms with van der Waals surface area (Å²) in [6.07, 6.45) is 1.29. The van der Waals surface area contributed by atoms with Crippen LogP contribution in [0.2, 0.25) is 0 Å². The third kappa shape index (κ3) is 4.87. The van der Waals surface area contributed by atoms with Crippen molar-refractivity contribution >= 4 is 27.3 Å². The first-order chi connectivity index (χ1) is 12.7. The SMILES string of the molecule is Cc1ccc(C(=O)N2CCCN(C)CC2)cc1NC(=O)C1CCS(=O)(=O)C1. The molecule has 2 saturated heterocycles. The van der Waals surface area contributed by atoms with E-state index in [9.17, 15) is 18.0 Å². The normalized spacial score (nSPS) is 23.0. The molecular formula is C19H27N3O4S. The fourth-order valence-corrected chi connectivity index (χ4v) is 5.30. The van der Waals surface area contributed by atoms with E-state index in [4.69, 9.17) is 0 Å². The van der Waals surface area contributed by atoms with Gasteiger partial charge in [-0.05, 0) is 51.1 Å². The van der Waals surface area contributed by atoms with Gasteiger partial charge in [0.05, 0.1) is 17.4 Å². The van der Waals surface area contributed by atoms with Crippen molar-refractivity contribution in [1.29, 1.82) is 0 Å². The maximum Gasteiger partial charge on any atom is 0.253 e. The van der Waals surface area contributed by atoms with Crippen LogP contribution in [0.3, 0.4) is 0 Å². The fourth-order valence-electron chi connectivity index (χ4n) is 3.56. The van der Waals surface area contributed by atoms with E-state index in [1.807, 2.05) is 17.9 Å². The van der Waals surface area contributed by atoms with E-state index in [0.29, 0.717) is 24.2 Å². The Bertz CT molecular complexity index is 837. The molecule has 1 unspecified atom stereocenters. The molecule has 0 saturated carbocycles. The number of hydrogen-bond acceptors (Lipinski definition) is 5. The average Bonchev–Trinajstić information content (AvgIpc) is 2.84. The van der Waals surface area contributed by atoms with E-state index in [1.54, 1.807) is 12.1 Å². The van der Waals surface area contributed by atoms with Crippen molar-refractivity contribution in [2.45, 2.75) is 19.8 Å². The molecule has 0 aromatic heterocycles. The summed E-state index contributed by atoms with van der Waals surface area (Å²) in [7, 11) is -1.06. The number of rotatable bonds is 3. The molecule has 3 rings (SSSR count). The second-order valence-electron chi connectivity index (χ2n) is 7.57. The highest BCUT2D eigenvalue weighted by Gasteiger charge is 2.33. The van der Waals surface area contributed by atoms with E-state index < -0.39 is 15.8 Å². The topological polar surface area (TPSA) is 86.8 Å². The Morgan fingerprint density at radius 3 is 2.63 bits per heavy atom. The number of nitrogens with zero attached hydrogens (tertiary/aromatic N) is 2. The molecule has 2 fully saturated rings. The Morgan fingerprint density at radius 1 is 1.15 bits per heavy atom. The summed E-state index contributed by atoms with van der Waals surface area (Å²) in [4.78, 5) is 29.4. The molecule has 1 aromatic rings. The Balaban J connectivity index is 1.72. The number of aryl methyl sites for hydroxylation is 1. The maximum absolute atomic E-state index is 12.9. The summed E-state index contributed by atoms with van der Waals surface area (Å²) >= 11 is 0. The molecule has 2 aliphatic heterocycles. The first-order valence-electron chi connectivity index (χ1n) is 9.35. The molecule has 0 bridgehead atoms. The minimum atomic E-state index is -3.11.